The number of alkyl halides is 2. The van der Waals surface area contributed by atoms with Crippen LogP contribution in [-0.4, -0.2) is 67.3 Å². The molecule has 2 aromatic heterocycles. The molecule has 0 aromatic carbocycles. The molecular formula is C20H25F2N5O4. The van der Waals surface area contributed by atoms with Crippen LogP contribution in [0.5, 0.6) is 0 Å². The molecule has 1 saturated heterocycles. The standard InChI is InChI=1S/C20H25F2N5O4/c1-12-4-8-26(25-12)18-23-15(14-11-31-9-5-16(14)28)10-17(24-18)27(19(29)30)13-2-6-20(21,22)7-3-13/h4,8,10,13-14,16,28H,2-3,5-7,9,11H2,1H3,(H,29,30). The fourth-order valence-electron chi connectivity index (χ4n) is 4.12. The summed E-state index contributed by atoms with van der Waals surface area (Å²) < 4.78 is 34.2. The van der Waals surface area contributed by atoms with Crippen LogP contribution in [0.2, 0.25) is 0 Å². The second-order valence-corrected chi connectivity index (χ2v) is 8.13. The second-order valence-electron chi connectivity index (χ2n) is 8.13. The first-order valence-corrected chi connectivity index (χ1v) is 10.3. The van der Waals surface area contributed by atoms with E-state index in [2.05, 4.69) is 15.1 Å². The third-order valence-electron chi connectivity index (χ3n) is 5.85. The number of hydrogen-bond donors (Lipinski definition) is 2. The molecule has 0 bridgehead atoms. The number of nitrogens with zero attached hydrogens (tertiary/aromatic N) is 5. The predicted molar refractivity (Wildman–Crippen MR) is 106 cm³/mol. The van der Waals surface area contributed by atoms with E-state index in [0.29, 0.717) is 18.7 Å². The average molecular weight is 437 g/mol. The van der Waals surface area contributed by atoms with Gasteiger partial charge in [-0.3, -0.25) is 4.90 Å². The predicted octanol–water partition coefficient (Wildman–Crippen LogP) is 2.90. The summed E-state index contributed by atoms with van der Waals surface area (Å²) in [6, 6.07) is 2.63. The molecular weight excluding hydrogens is 412 g/mol. The Kier molecular flexibility index (Phi) is 5.89. The molecule has 168 valence electrons. The van der Waals surface area contributed by atoms with Crippen LogP contribution in [0.4, 0.5) is 19.4 Å². The molecule has 4 rings (SSSR count). The van der Waals surface area contributed by atoms with Gasteiger partial charge < -0.3 is 14.9 Å². The average Bonchev–Trinajstić information content (AvgIpc) is 3.16. The monoisotopic (exact) mass is 437 g/mol. The molecule has 1 saturated carbocycles. The van der Waals surface area contributed by atoms with E-state index in [9.17, 15) is 23.8 Å². The first-order valence-electron chi connectivity index (χ1n) is 10.3. The Morgan fingerprint density at radius 1 is 1.29 bits per heavy atom. The van der Waals surface area contributed by atoms with Crippen molar-refractivity contribution < 1.29 is 28.5 Å². The van der Waals surface area contributed by atoms with Crippen molar-refractivity contribution in [1.82, 2.24) is 19.7 Å². The molecule has 1 aliphatic heterocycles. The largest absolute Gasteiger partial charge is 0.465 e. The van der Waals surface area contributed by atoms with Crippen LogP contribution in [-0.2, 0) is 4.74 Å². The molecule has 0 radical (unpaired) electrons. The maximum absolute atomic E-state index is 13.6. The van der Waals surface area contributed by atoms with E-state index < -0.39 is 30.1 Å². The summed E-state index contributed by atoms with van der Waals surface area (Å²) in [5, 5.41) is 24.7. The minimum atomic E-state index is -2.78. The Morgan fingerprint density at radius 2 is 2.03 bits per heavy atom. The van der Waals surface area contributed by atoms with Gasteiger partial charge in [0.15, 0.2) is 0 Å². The number of halogens is 2. The van der Waals surface area contributed by atoms with Crippen molar-refractivity contribution in [2.75, 3.05) is 18.1 Å². The summed E-state index contributed by atoms with van der Waals surface area (Å²) in [7, 11) is 0. The first-order chi connectivity index (χ1) is 14.7. The number of ether oxygens (including phenoxy) is 1. The number of aliphatic hydroxyl groups excluding tert-OH is 1. The van der Waals surface area contributed by atoms with Crippen LogP contribution in [0, 0.1) is 6.92 Å². The molecule has 2 aliphatic rings. The number of anilines is 1. The van der Waals surface area contributed by atoms with Gasteiger partial charge in [-0.15, -0.1) is 0 Å². The molecule has 2 aromatic rings. The Labute approximate surface area is 177 Å². The Hall–Kier alpha value is -2.66. The molecule has 0 spiro atoms. The highest BCUT2D eigenvalue weighted by Gasteiger charge is 2.39. The Bertz CT molecular complexity index is 943. The van der Waals surface area contributed by atoms with Gasteiger partial charge in [-0.05, 0) is 32.3 Å². The molecule has 2 fully saturated rings. The molecule has 9 nitrogen and oxygen atoms in total. The highest BCUT2D eigenvalue weighted by molar-refractivity contribution is 5.85. The number of aliphatic hydroxyl groups is 1. The number of aromatic nitrogens is 4. The zero-order valence-electron chi connectivity index (χ0n) is 17.1. The van der Waals surface area contributed by atoms with E-state index in [1.54, 1.807) is 19.2 Å². The molecule has 3 heterocycles. The lowest BCUT2D eigenvalue weighted by atomic mass is 9.91. The smallest absolute Gasteiger partial charge is 0.413 e. The van der Waals surface area contributed by atoms with Crippen molar-refractivity contribution in [3.63, 3.8) is 0 Å². The van der Waals surface area contributed by atoms with E-state index in [-0.39, 0.29) is 44.1 Å². The summed E-state index contributed by atoms with van der Waals surface area (Å²) in [6.07, 6.45) is -0.579. The van der Waals surface area contributed by atoms with Gasteiger partial charge in [0.2, 0.25) is 5.92 Å². The van der Waals surface area contributed by atoms with Crippen LogP contribution < -0.4 is 4.90 Å². The number of rotatable bonds is 4. The first kappa shape index (κ1) is 21.6. The molecule has 1 aliphatic carbocycles. The van der Waals surface area contributed by atoms with Gasteiger partial charge in [0.05, 0.1) is 30.0 Å². The highest BCUT2D eigenvalue weighted by atomic mass is 19.3. The summed E-state index contributed by atoms with van der Waals surface area (Å²) in [5.41, 5.74) is 1.15. The summed E-state index contributed by atoms with van der Waals surface area (Å²) in [4.78, 5) is 22.1. The fourth-order valence-corrected chi connectivity index (χ4v) is 4.12. The maximum atomic E-state index is 13.6. The Morgan fingerprint density at radius 3 is 2.65 bits per heavy atom. The normalized spacial score (nSPS) is 24.1. The van der Waals surface area contributed by atoms with Crippen LogP contribution in [0.15, 0.2) is 18.3 Å². The lowest BCUT2D eigenvalue weighted by Gasteiger charge is -2.35. The van der Waals surface area contributed by atoms with Crippen molar-refractivity contribution in [2.45, 2.75) is 63.0 Å². The van der Waals surface area contributed by atoms with Crippen LogP contribution in [0.3, 0.4) is 0 Å². The number of aryl methyl sites for hydroxylation is 1. The summed E-state index contributed by atoms with van der Waals surface area (Å²) in [5.74, 6) is -3.02. The lowest BCUT2D eigenvalue weighted by molar-refractivity contribution is -0.0380. The van der Waals surface area contributed by atoms with Gasteiger partial charge >= 0.3 is 6.09 Å². The van der Waals surface area contributed by atoms with E-state index in [1.807, 2.05) is 0 Å². The Balaban J connectivity index is 1.75. The van der Waals surface area contributed by atoms with Crippen molar-refractivity contribution >= 4 is 11.9 Å². The van der Waals surface area contributed by atoms with Crippen LogP contribution >= 0.6 is 0 Å². The topological polar surface area (TPSA) is 114 Å². The fraction of sp³-hybridized carbons (Fsp3) is 0.600. The van der Waals surface area contributed by atoms with E-state index in [0.717, 1.165) is 10.6 Å². The summed E-state index contributed by atoms with van der Waals surface area (Å²) >= 11 is 0. The van der Waals surface area contributed by atoms with Crippen molar-refractivity contribution in [3.8, 4) is 5.95 Å². The molecule has 31 heavy (non-hydrogen) atoms. The lowest BCUT2D eigenvalue weighted by Crippen LogP contribution is -2.44. The van der Waals surface area contributed by atoms with Gasteiger partial charge in [-0.25, -0.2) is 23.2 Å². The zero-order valence-corrected chi connectivity index (χ0v) is 17.1. The van der Waals surface area contributed by atoms with Gasteiger partial charge in [-0.1, -0.05) is 0 Å². The number of carbonyl (C=O) groups is 1. The van der Waals surface area contributed by atoms with Crippen LogP contribution in [0.25, 0.3) is 5.95 Å². The second kappa shape index (κ2) is 8.46. The van der Waals surface area contributed by atoms with Gasteiger partial charge in [0.25, 0.3) is 5.95 Å². The van der Waals surface area contributed by atoms with E-state index in [1.165, 1.54) is 10.7 Å². The van der Waals surface area contributed by atoms with Gasteiger partial charge in [-0.2, -0.15) is 10.1 Å². The van der Waals surface area contributed by atoms with Crippen LogP contribution in [0.1, 0.15) is 49.4 Å². The number of amides is 1. The zero-order chi connectivity index (χ0) is 22.2. The van der Waals surface area contributed by atoms with E-state index in [4.69, 9.17) is 4.74 Å². The number of carboxylic acid groups (broad SMARTS) is 1. The maximum Gasteiger partial charge on any atom is 0.413 e. The molecule has 1 amide bonds. The minimum Gasteiger partial charge on any atom is -0.465 e. The molecule has 2 atom stereocenters. The third-order valence-corrected chi connectivity index (χ3v) is 5.85. The van der Waals surface area contributed by atoms with Gasteiger partial charge in [0, 0.05) is 37.8 Å². The van der Waals surface area contributed by atoms with Gasteiger partial charge in [0.1, 0.15) is 5.82 Å². The van der Waals surface area contributed by atoms with Crippen molar-refractivity contribution in [3.05, 3.63) is 29.7 Å². The number of hydrogen-bond acceptors (Lipinski definition) is 6. The molecule has 2 unspecified atom stereocenters. The molecule has 11 heteroatoms. The highest BCUT2D eigenvalue weighted by Crippen LogP contribution is 2.37. The summed E-state index contributed by atoms with van der Waals surface area (Å²) in [6.45, 7) is 2.46. The SMILES string of the molecule is Cc1ccn(-c2nc(C3COCCC3O)cc(N(C(=O)O)C3CCC(F)(F)CC3)n2)n1. The van der Waals surface area contributed by atoms with Crippen molar-refractivity contribution in [2.24, 2.45) is 0 Å². The van der Waals surface area contributed by atoms with Crippen molar-refractivity contribution in [1.29, 1.82) is 0 Å². The minimum absolute atomic E-state index is 0.0318. The molecule has 2 N–H and O–H groups in total. The third kappa shape index (κ3) is 4.67. The van der Waals surface area contributed by atoms with E-state index >= 15 is 0 Å². The quantitative estimate of drug-likeness (QED) is 0.756.